The number of benzene rings is 1. The minimum atomic E-state index is -0.230. The standard InChI is InChI=1S/C17H15Br2NO3/c1-7(21)8-3-2-4-9(5-8)20-16(22)12-10-6-11(13(12)17(20)23)15(19)14(10)18/h2-5,10-15H,6H2,1H3/t10-,11-,12-,13+,14-,15+/m1/s1. The van der Waals surface area contributed by atoms with E-state index in [2.05, 4.69) is 31.9 Å². The molecule has 0 radical (unpaired) electrons. The highest BCUT2D eigenvalue weighted by atomic mass is 79.9. The van der Waals surface area contributed by atoms with Gasteiger partial charge in [0.05, 0.1) is 17.5 Å². The Hall–Kier alpha value is -1.01. The predicted molar refractivity (Wildman–Crippen MR) is 92.9 cm³/mol. The highest BCUT2D eigenvalue weighted by Gasteiger charge is 2.66. The summed E-state index contributed by atoms with van der Waals surface area (Å²) in [6, 6.07) is 6.78. The summed E-state index contributed by atoms with van der Waals surface area (Å²) in [5, 5.41) is 0. The summed E-state index contributed by atoms with van der Waals surface area (Å²) in [5.41, 5.74) is 1.03. The normalized spacial score (nSPS) is 38.3. The van der Waals surface area contributed by atoms with Gasteiger partial charge in [0.2, 0.25) is 11.8 Å². The lowest BCUT2D eigenvalue weighted by atomic mass is 9.81. The number of halogens is 2. The van der Waals surface area contributed by atoms with Gasteiger partial charge in [0.1, 0.15) is 0 Å². The van der Waals surface area contributed by atoms with E-state index in [4.69, 9.17) is 0 Å². The van der Waals surface area contributed by atoms with E-state index in [0.29, 0.717) is 11.3 Å². The van der Waals surface area contributed by atoms with Crippen molar-refractivity contribution in [1.82, 2.24) is 0 Å². The van der Waals surface area contributed by atoms with Crippen molar-refractivity contribution in [3.8, 4) is 0 Å². The van der Waals surface area contributed by atoms with Gasteiger partial charge >= 0.3 is 0 Å². The SMILES string of the molecule is CC(=O)c1cccc(N2C(=O)[C@@H]3[C@H]4C[C@@H]([C@H](Br)[C@@H]4Br)[C@@H]3C2=O)c1. The van der Waals surface area contributed by atoms with E-state index in [-0.39, 0.29) is 50.9 Å². The van der Waals surface area contributed by atoms with Gasteiger partial charge in [-0.3, -0.25) is 19.3 Å². The number of carbonyl (C=O) groups is 3. The number of ketones is 1. The summed E-state index contributed by atoms with van der Waals surface area (Å²) < 4.78 is 0. The number of amides is 2. The quantitative estimate of drug-likeness (QED) is 0.403. The maximum Gasteiger partial charge on any atom is 0.238 e. The van der Waals surface area contributed by atoms with Gasteiger partial charge in [-0.25, -0.2) is 0 Å². The van der Waals surface area contributed by atoms with Gasteiger partial charge < -0.3 is 0 Å². The monoisotopic (exact) mass is 439 g/mol. The fourth-order valence-corrected chi connectivity index (χ4v) is 6.34. The van der Waals surface area contributed by atoms with E-state index in [9.17, 15) is 14.4 Å². The second kappa shape index (κ2) is 5.24. The van der Waals surface area contributed by atoms with Gasteiger partial charge in [-0.2, -0.15) is 0 Å². The Morgan fingerprint density at radius 3 is 2.17 bits per heavy atom. The van der Waals surface area contributed by atoms with Crippen molar-refractivity contribution in [3.63, 3.8) is 0 Å². The minimum absolute atomic E-state index is 0.0766. The second-order valence-electron chi connectivity index (χ2n) is 6.62. The number of carbonyl (C=O) groups excluding carboxylic acids is 3. The second-order valence-corrected chi connectivity index (χ2v) is 8.74. The molecule has 0 aromatic heterocycles. The Kier molecular flexibility index (Phi) is 3.54. The van der Waals surface area contributed by atoms with Crippen LogP contribution in [0.5, 0.6) is 0 Å². The Bertz CT molecular complexity index is 702. The summed E-state index contributed by atoms with van der Waals surface area (Å²) in [5.74, 6) is -0.363. The summed E-state index contributed by atoms with van der Waals surface area (Å²) in [6.45, 7) is 1.48. The molecule has 1 aliphatic heterocycles. The van der Waals surface area contributed by atoms with Crippen LogP contribution in [0.2, 0.25) is 0 Å². The van der Waals surface area contributed by atoms with Crippen LogP contribution in [-0.2, 0) is 9.59 Å². The molecule has 3 aliphatic rings. The molecule has 6 atom stereocenters. The molecule has 0 N–H and O–H groups in total. The van der Waals surface area contributed by atoms with Crippen LogP contribution in [0.15, 0.2) is 24.3 Å². The molecule has 120 valence electrons. The van der Waals surface area contributed by atoms with Crippen molar-refractivity contribution >= 4 is 55.1 Å². The number of alkyl halides is 2. The van der Waals surface area contributed by atoms with Crippen LogP contribution in [0, 0.1) is 23.7 Å². The summed E-state index contributed by atoms with van der Waals surface area (Å²) in [7, 11) is 0. The average Bonchev–Trinajstić information content (AvgIpc) is 3.12. The van der Waals surface area contributed by atoms with E-state index in [1.54, 1.807) is 24.3 Å². The molecule has 23 heavy (non-hydrogen) atoms. The molecule has 4 nitrogen and oxygen atoms in total. The summed E-state index contributed by atoms with van der Waals surface area (Å²) >= 11 is 7.36. The molecule has 2 bridgehead atoms. The van der Waals surface area contributed by atoms with Gasteiger partial charge in [0, 0.05) is 15.2 Å². The van der Waals surface area contributed by atoms with Crippen molar-refractivity contribution in [1.29, 1.82) is 0 Å². The maximum atomic E-state index is 12.9. The Morgan fingerprint density at radius 1 is 1.09 bits per heavy atom. The van der Waals surface area contributed by atoms with E-state index in [1.807, 2.05) is 0 Å². The topological polar surface area (TPSA) is 54.5 Å². The highest BCUT2D eigenvalue weighted by molar-refractivity contribution is 9.12. The molecule has 2 amide bonds. The first-order valence-corrected chi connectivity index (χ1v) is 9.52. The van der Waals surface area contributed by atoms with Gasteiger partial charge in [-0.05, 0) is 37.3 Å². The van der Waals surface area contributed by atoms with E-state index >= 15 is 0 Å². The first-order valence-electron chi connectivity index (χ1n) is 7.68. The predicted octanol–water partition coefficient (Wildman–Crippen LogP) is 3.17. The van der Waals surface area contributed by atoms with Crippen molar-refractivity contribution in [2.45, 2.75) is 23.0 Å². The average molecular weight is 441 g/mol. The molecular weight excluding hydrogens is 426 g/mol. The Balaban J connectivity index is 1.73. The molecule has 3 fully saturated rings. The number of fused-ring (bicyclic) bond motifs is 5. The largest absolute Gasteiger partial charge is 0.295 e. The van der Waals surface area contributed by atoms with Gasteiger partial charge in [-0.15, -0.1) is 0 Å². The molecular formula is C17H15Br2NO3. The van der Waals surface area contributed by atoms with Crippen molar-refractivity contribution < 1.29 is 14.4 Å². The molecule has 0 unspecified atom stereocenters. The van der Waals surface area contributed by atoms with Crippen LogP contribution in [0.1, 0.15) is 23.7 Å². The maximum absolute atomic E-state index is 12.9. The lowest BCUT2D eigenvalue weighted by molar-refractivity contribution is -0.123. The van der Waals surface area contributed by atoms with E-state index < -0.39 is 0 Å². The number of rotatable bonds is 2. The number of hydrogen-bond acceptors (Lipinski definition) is 3. The third-order valence-corrected chi connectivity index (χ3v) is 8.70. The van der Waals surface area contributed by atoms with Crippen LogP contribution in [0.3, 0.4) is 0 Å². The molecule has 6 heteroatoms. The molecule has 4 rings (SSSR count). The number of hydrogen-bond donors (Lipinski definition) is 0. The van der Waals surface area contributed by atoms with Crippen LogP contribution in [-0.4, -0.2) is 27.3 Å². The van der Waals surface area contributed by atoms with Gasteiger partial charge in [0.15, 0.2) is 5.78 Å². The molecule has 1 saturated heterocycles. The Morgan fingerprint density at radius 2 is 1.65 bits per heavy atom. The summed E-state index contributed by atoms with van der Waals surface area (Å²) in [6.07, 6.45) is 0.917. The first kappa shape index (κ1) is 15.5. The molecule has 2 saturated carbocycles. The first-order chi connectivity index (χ1) is 10.9. The third-order valence-electron chi connectivity index (χ3n) is 5.50. The fourth-order valence-electron chi connectivity index (χ4n) is 4.47. The van der Waals surface area contributed by atoms with Crippen LogP contribution in [0.25, 0.3) is 0 Å². The number of imide groups is 1. The van der Waals surface area contributed by atoms with Crippen molar-refractivity contribution in [2.75, 3.05) is 4.90 Å². The number of nitrogens with zero attached hydrogens (tertiary/aromatic N) is 1. The summed E-state index contributed by atoms with van der Waals surface area (Å²) in [4.78, 5) is 39.1. The van der Waals surface area contributed by atoms with E-state index in [1.165, 1.54) is 11.8 Å². The molecule has 0 spiro atoms. The minimum Gasteiger partial charge on any atom is -0.295 e. The van der Waals surface area contributed by atoms with Gasteiger partial charge in [0.25, 0.3) is 0 Å². The Labute approximate surface area is 150 Å². The van der Waals surface area contributed by atoms with Crippen LogP contribution >= 0.6 is 31.9 Å². The van der Waals surface area contributed by atoms with Crippen LogP contribution < -0.4 is 4.90 Å². The molecule has 2 aliphatic carbocycles. The highest BCUT2D eigenvalue weighted by Crippen LogP contribution is 2.60. The fraction of sp³-hybridized carbons (Fsp3) is 0.471. The van der Waals surface area contributed by atoms with Crippen molar-refractivity contribution in [3.05, 3.63) is 29.8 Å². The lowest BCUT2D eigenvalue weighted by Crippen LogP contribution is -2.37. The zero-order valence-corrected chi connectivity index (χ0v) is 15.6. The molecule has 1 aromatic carbocycles. The molecule has 1 heterocycles. The zero-order valence-electron chi connectivity index (χ0n) is 12.4. The number of Topliss-reactive ketones (excluding diaryl/α,β-unsaturated/α-hetero) is 1. The van der Waals surface area contributed by atoms with Crippen LogP contribution in [0.4, 0.5) is 5.69 Å². The van der Waals surface area contributed by atoms with E-state index in [0.717, 1.165) is 6.42 Å². The van der Waals surface area contributed by atoms with Gasteiger partial charge in [-0.1, -0.05) is 44.0 Å². The smallest absolute Gasteiger partial charge is 0.238 e. The molecule has 1 aromatic rings. The number of anilines is 1. The zero-order chi connectivity index (χ0) is 16.5. The lowest BCUT2D eigenvalue weighted by Gasteiger charge is -2.28. The third kappa shape index (κ3) is 2.03. The van der Waals surface area contributed by atoms with Crippen molar-refractivity contribution in [2.24, 2.45) is 23.7 Å².